The number of hydrogen-bond acceptors (Lipinski definition) is 4. The quantitative estimate of drug-likeness (QED) is 0.315. The largest absolute Gasteiger partial charge is 0.409 e. The Bertz CT molecular complexity index is 325. The van der Waals surface area contributed by atoms with Crippen molar-refractivity contribution in [3.63, 3.8) is 0 Å². The summed E-state index contributed by atoms with van der Waals surface area (Å²) in [5.74, 6) is 0.516. The van der Waals surface area contributed by atoms with Gasteiger partial charge in [0.25, 0.3) is 0 Å². The first-order valence-electron chi connectivity index (χ1n) is 6.85. The number of oxime groups is 1. The highest BCUT2D eigenvalue weighted by Gasteiger charge is 2.32. The van der Waals surface area contributed by atoms with Crippen LogP contribution < -0.4 is 5.73 Å². The van der Waals surface area contributed by atoms with Crippen LogP contribution in [0, 0.1) is 5.92 Å². The molecule has 19 heavy (non-hydrogen) atoms. The van der Waals surface area contributed by atoms with Crippen LogP contribution in [0.4, 0.5) is 0 Å². The van der Waals surface area contributed by atoms with Crippen molar-refractivity contribution in [2.24, 2.45) is 16.8 Å². The van der Waals surface area contributed by atoms with Crippen LogP contribution >= 0.6 is 0 Å². The van der Waals surface area contributed by atoms with Crippen LogP contribution in [0.1, 0.15) is 40.0 Å². The summed E-state index contributed by atoms with van der Waals surface area (Å²) in [5, 5.41) is 11.5. The van der Waals surface area contributed by atoms with Crippen molar-refractivity contribution in [1.29, 1.82) is 0 Å². The van der Waals surface area contributed by atoms with E-state index in [1.807, 2.05) is 20.8 Å². The van der Waals surface area contributed by atoms with Crippen molar-refractivity contribution in [2.75, 3.05) is 13.2 Å². The lowest BCUT2D eigenvalue weighted by molar-refractivity contribution is -0.135. The summed E-state index contributed by atoms with van der Waals surface area (Å²) >= 11 is 0. The molecule has 0 radical (unpaired) electrons. The molecule has 0 unspecified atom stereocenters. The molecule has 0 aliphatic heterocycles. The van der Waals surface area contributed by atoms with E-state index in [4.69, 9.17) is 15.7 Å². The Morgan fingerprint density at radius 1 is 1.53 bits per heavy atom. The molecule has 1 saturated carbocycles. The van der Waals surface area contributed by atoms with Crippen molar-refractivity contribution < 1.29 is 14.7 Å². The van der Waals surface area contributed by atoms with Crippen molar-refractivity contribution in [3.8, 4) is 0 Å². The minimum atomic E-state index is 0.0376. The second kappa shape index (κ2) is 7.33. The van der Waals surface area contributed by atoms with Gasteiger partial charge in [-0.2, -0.15) is 0 Å². The minimum Gasteiger partial charge on any atom is -0.409 e. The molecule has 0 spiro atoms. The number of rotatable bonds is 7. The summed E-state index contributed by atoms with van der Waals surface area (Å²) in [7, 11) is 0. The number of hydrogen-bond donors (Lipinski definition) is 2. The molecule has 0 saturated heterocycles. The fourth-order valence-electron chi connectivity index (χ4n) is 2.34. The van der Waals surface area contributed by atoms with Crippen LogP contribution in [0.3, 0.4) is 0 Å². The Balaban J connectivity index is 2.41. The van der Waals surface area contributed by atoms with Crippen LogP contribution in [-0.4, -0.2) is 47.1 Å². The molecule has 0 atom stereocenters. The molecule has 1 fully saturated rings. The Hall–Kier alpha value is -1.30. The van der Waals surface area contributed by atoms with Gasteiger partial charge in [0.05, 0.1) is 12.6 Å². The fourth-order valence-corrected chi connectivity index (χ4v) is 2.34. The van der Waals surface area contributed by atoms with Gasteiger partial charge in [-0.15, -0.1) is 0 Å². The maximum atomic E-state index is 12.2. The summed E-state index contributed by atoms with van der Waals surface area (Å²) in [6, 6.07) is 0.0376. The van der Waals surface area contributed by atoms with Crippen LogP contribution in [-0.2, 0) is 9.53 Å². The van der Waals surface area contributed by atoms with E-state index in [1.165, 1.54) is 0 Å². The summed E-state index contributed by atoms with van der Waals surface area (Å²) in [6.45, 7) is 6.73. The van der Waals surface area contributed by atoms with Crippen LogP contribution in [0.2, 0.25) is 0 Å². The van der Waals surface area contributed by atoms with Crippen LogP contribution in [0.5, 0.6) is 0 Å². The smallest absolute Gasteiger partial charge is 0.223 e. The molecule has 1 aliphatic carbocycles. The predicted octanol–water partition coefficient (Wildman–Crippen LogP) is 1.18. The van der Waals surface area contributed by atoms with E-state index < -0.39 is 0 Å². The summed E-state index contributed by atoms with van der Waals surface area (Å²) in [6.07, 6.45) is 2.74. The number of ether oxygens (including phenoxy) is 1. The highest BCUT2D eigenvalue weighted by molar-refractivity contribution is 5.87. The standard InChI is InChI=1S/C13H25N3O3/c1-4-19-11-5-10(6-11)7-13(17)16(9(2)3)8-12(14)15-18/h9-11,18H,4-8H2,1-3H3,(H2,14,15). The molecule has 1 aliphatic rings. The van der Waals surface area contributed by atoms with E-state index >= 15 is 0 Å². The Morgan fingerprint density at radius 3 is 2.63 bits per heavy atom. The predicted molar refractivity (Wildman–Crippen MR) is 73.0 cm³/mol. The molecule has 0 aromatic heterocycles. The van der Waals surface area contributed by atoms with Gasteiger partial charge in [0.15, 0.2) is 5.84 Å². The summed E-state index contributed by atoms with van der Waals surface area (Å²) in [5.41, 5.74) is 5.47. The van der Waals surface area contributed by atoms with Gasteiger partial charge in [0.2, 0.25) is 5.91 Å². The molecule has 0 aromatic rings. The van der Waals surface area contributed by atoms with Crippen LogP contribution in [0.15, 0.2) is 5.16 Å². The summed E-state index contributed by atoms with van der Waals surface area (Å²) in [4.78, 5) is 13.8. The molecule has 110 valence electrons. The zero-order valence-corrected chi connectivity index (χ0v) is 12.0. The van der Waals surface area contributed by atoms with Crippen molar-refractivity contribution in [2.45, 2.75) is 52.2 Å². The molecule has 1 amide bonds. The van der Waals surface area contributed by atoms with Crippen molar-refractivity contribution in [1.82, 2.24) is 4.90 Å². The zero-order chi connectivity index (χ0) is 14.4. The van der Waals surface area contributed by atoms with Gasteiger partial charge in [0, 0.05) is 19.1 Å². The normalized spacial score (nSPS) is 23.3. The molecular formula is C13H25N3O3. The van der Waals surface area contributed by atoms with E-state index in [9.17, 15) is 4.79 Å². The average Bonchev–Trinajstić information content (AvgIpc) is 2.32. The van der Waals surface area contributed by atoms with E-state index in [0.29, 0.717) is 18.4 Å². The highest BCUT2D eigenvalue weighted by atomic mass is 16.5. The second-order valence-corrected chi connectivity index (χ2v) is 5.33. The molecule has 1 rings (SSSR count). The molecule has 3 N–H and O–H groups in total. The van der Waals surface area contributed by atoms with E-state index in [-0.39, 0.29) is 24.3 Å². The first-order chi connectivity index (χ1) is 8.97. The lowest BCUT2D eigenvalue weighted by atomic mass is 9.79. The summed E-state index contributed by atoms with van der Waals surface area (Å²) < 4.78 is 5.48. The number of carbonyl (C=O) groups excluding carboxylic acids is 1. The van der Waals surface area contributed by atoms with Gasteiger partial charge in [0.1, 0.15) is 0 Å². The first kappa shape index (κ1) is 15.8. The van der Waals surface area contributed by atoms with Crippen molar-refractivity contribution in [3.05, 3.63) is 0 Å². The Labute approximate surface area is 114 Å². The van der Waals surface area contributed by atoms with Gasteiger partial charge in [-0.05, 0) is 39.5 Å². The maximum absolute atomic E-state index is 12.2. The molecule has 0 aromatic carbocycles. The number of amides is 1. The highest BCUT2D eigenvalue weighted by Crippen LogP contribution is 2.33. The molecular weight excluding hydrogens is 246 g/mol. The van der Waals surface area contributed by atoms with Gasteiger partial charge in [-0.1, -0.05) is 5.16 Å². The van der Waals surface area contributed by atoms with Gasteiger partial charge in [-0.3, -0.25) is 4.79 Å². The SMILES string of the molecule is CCOC1CC(CC(=O)N(CC(N)=NO)C(C)C)C1. The molecule has 6 heteroatoms. The lowest BCUT2D eigenvalue weighted by Crippen LogP contribution is -2.45. The third kappa shape index (κ3) is 4.70. The van der Waals surface area contributed by atoms with Crippen molar-refractivity contribution >= 4 is 11.7 Å². The monoisotopic (exact) mass is 271 g/mol. The number of nitrogens with two attached hydrogens (primary N) is 1. The molecule has 0 bridgehead atoms. The van der Waals surface area contributed by atoms with E-state index in [0.717, 1.165) is 19.4 Å². The first-order valence-corrected chi connectivity index (χ1v) is 6.85. The molecule has 0 heterocycles. The average molecular weight is 271 g/mol. The van der Waals surface area contributed by atoms with E-state index in [2.05, 4.69) is 5.16 Å². The van der Waals surface area contributed by atoms with Gasteiger partial charge >= 0.3 is 0 Å². The minimum absolute atomic E-state index is 0.0376. The number of amidine groups is 1. The molecule has 6 nitrogen and oxygen atoms in total. The second-order valence-electron chi connectivity index (χ2n) is 5.33. The fraction of sp³-hybridized carbons (Fsp3) is 0.846. The maximum Gasteiger partial charge on any atom is 0.223 e. The Morgan fingerprint density at radius 2 is 2.16 bits per heavy atom. The van der Waals surface area contributed by atoms with E-state index in [1.54, 1.807) is 4.90 Å². The third-order valence-electron chi connectivity index (χ3n) is 3.46. The van der Waals surface area contributed by atoms with Gasteiger partial charge < -0.3 is 20.6 Å². The third-order valence-corrected chi connectivity index (χ3v) is 3.46. The number of nitrogens with zero attached hydrogens (tertiary/aromatic N) is 2. The van der Waals surface area contributed by atoms with Crippen LogP contribution in [0.25, 0.3) is 0 Å². The number of carbonyl (C=O) groups is 1. The zero-order valence-electron chi connectivity index (χ0n) is 12.0. The van der Waals surface area contributed by atoms with Gasteiger partial charge in [-0.25, -0.2) is 0 Å². The topological polar surface area (TPSA) is 88.2 Å². The Kier molecular flexibility index (Phi) is 6.08. The lowest BCUT2D eigenvalue weighted by Gasteiger charge is -2.36.